The molecule has 5 heteroatoms. The fourth-order valence-corrected chi connectivity index (χ4v) is 1.68. The second-order valence-electron chi connectivity index (χ2n) is 4.23. The topological polar surface area (TPSA) is 56.5 Å². The summed E-state index contributed by atoms with van der Waals surface area (Å²) in [6.45, 7) is 2.56. The molecule has 0 N–H and O–H groups in total. The van der Waals surface area contributed by atoms with E-state index in [1.54, 1.807) is 6.20 Å². The molecule has 1 aliphatic carbocycles. The number of hydrogen-bond acceptors (Lipinski definition) is 4. The highest BCUT2D eigenvalue weighted by Crippen LogP contribution is 2.38. The predicted molar refractivity (Wildman–Crippen MR) is 57.9 cm³/mol. The predicted octanol–water partition coefficient (Wildman–Crippen LogP) is 1.30. The molecule has 2 aromatic heterocycles. The first-order chi connectivity index (χ1) is 7.81. The number of aryl methyl sites for hydroxylation is 1. The Labute approximate surface area is 93.5 Å². The highest BCUT2D eigenvalue weighted by molar-refractivity contribution is 5.09. The van der Waals surface area contributed by atoms with Gasteiger partial charge in [0.1, 0.15) is 12.4 Å². The summed E-state index contributed by atoms with van der Waals surface area (Å²) < 4.78 is 1.81. The zero-order chi connectivity index (χ0) is 11.0. The van der Waals surface area contributed by atoms with Crippen LogP contribution in [0.4, 0.5) is 0 Å². The molecule has 0 spiro atoms. The van der Waals surface area contributed by atoms with Gasteiger partial charge in [-0.1, -0.05) is 5.21 Å². The monoisotopic (exact) mass is 215 g/mol. The lowest BCUT2D eigenvalue weighted by molar-refractivity contribution is 0.622. The molecule has 1 fully saturated rings. The Bertz CT molecular complexity index is 501. The van der Waals surface area contributed by atoms with Crippen LogP contribution in [-0.4, -0.2) is 25.0 Å². The van der Waals surface area contributed by atoms with Gasteiger partial charge in [-0.3, -0.25) is 0 Å². The van der Waals surface area contributed by atoms with E-state index in [4.69, 9.17) is 0 Å². The van der Waals surface area contributed by atoms with Crippen molar-refractivity contribution in [2.45, 2.75) is 32.2 Å². The Morgan fingerprint density at radius 2 is 2.31 bits per heavy atom. The molecule has 82 valence electrons. The summed E-state index contributed by atoms with van der Waals surface area (Å²) in [5.74, 6) is 1.43. The first-order valence-corrected chi connectivity index (χ1v) is 5.50. The van der Waals surface area contributed by atoms with E-state index >= 15 is 0 Å². The minimum atomic E-state index is 0.599. The molecule has 3 rings (SSSR count). The maximum Gasteiger partial charge on any atom is 0.150 e. The maximum atomic E-state index is 4.34. The SMILES string of the molecule is Cc1ccnc(Cn2cc(C3CC3)nn2)n1. The van der Waals surface area contributed by atoms with Crippen LogP contribution in [0.1, 0.15) is 36.0 Å². The summed E-state index contributed by atoms with van der Waals surface area (Å²) in [5.41, 5.74) is 2.08. The van der Waals surface area contributed by atoms with E-state index in [9.17, 15) is 0 Å². The van der Waals surface area contributed by atoms with Crippen LogP contribution in [0, 0.1) is 6.92 Å². The van der Waals surface area contributed by atoms with Crippen LogP contribution in [0.5, 0.6) is 0 Å². The van der Waals surface area contributed by atoms with Gasteiger partial charge >= 0.3 is 0 Å². The van der Waals surface area contributed by atoms with Crippen LogP contribution < -0.4 is 0 Å². The van der Waals surface area contributed by atoms with Crippen LogP contribution in [-0.2, 0) is 6.54 Å². The number of aromatic nitrogens is 5. The molecule has 16 heavy (non-hydrogen) atoms. The van der Waals surface area contributed by atoms with Crippen molar-refractivity contribution in [3.63, 3.8) is 0 Å². The van der Waals surface area contributed by atoms with Crippen LogP contribution >= 0.6 is 0 Å². The number of rotatable bonds is 3. The highest BCUT2D eigenvalue weighted by atomic mass is 15.4. The normalized spacial score (nSPS) is 15.3. The number of hydrogen-bond donors (Lipinski definition) is 0. The van der Waals surface area contributed by atoms with Gasteiger partial charge in [0.2, 0.25) is 0 Å². The van der Waals surface area contributed by atoms with Crippen molar-refractivity contribution in [1.82, 2.24) is 25.0 Å². The van der Waals surface area contributed by atoms with Gasteiger partial charge in [0.15, 0.2) is 0 Å². The van der Waals surface area contributed by atoms with E-state index < -0.39 is 0 Å². The zero-order valence-electron chi connectivity index (χ0n) is 9.17. The van der Waals surface area contributed by atoms with E-state index in [1.165, 1.54) is 12.8 Å². The van der Waals surface area contributed by atoms with Crippen molar-refractivity contribution in [3.05, 3.63) is 35.7 Å². The van der Waals surface area contributed by atoms with Crippen molar-refractivity contribution in [2.24, 2.45) is 0 Å². The summed E-state index contributed by atoms with van der Waals surface area (Å²) >= 11 is 0. The van der Waals surface area contributed by atoms with Gasteiger partial charge in [-0.25, -0.2) is 14.6 Å². The zero-order valence-corrected chi connectivity index (χ0v) is 9.17. The molecule has 0 saturated heterocycles. The van der Waals surface area contributed by atoms with Crippen molar-refractivity contribution >= 4 is 0 Å². The fourth-order valence-electron chi connectivity index (χ4n) is 1.68. The van der Waals surface area contributed by atoms with Crippen molar-refractivity contribution in [2.75, 3.05) is 0 Å². The van der Waals surface area contributed by atoms with Crippen LogP contribution in [0.15, 0.2) is 18.5 Å². The highest BCUT2D eigenvalue weighted by Gasteiger charge is 2.26. The summed E-state index contributed by atoms with van der Waals surface area (Å²) in [5, 5.41) is 8.24. The lowest BCUT2D eigenvalue weighted by Gasteiger charge is -1.99. The lowest BCUT2D eigenvalue weighted by Crippen LogP contribution is -2.05. The van der Waals surface area contributed by atoms with Crippen molar-refractivity contribution in [1.29, 1.82) is 0 Å². The molecule has 0 unspecified atom stereocenters. The Hall–Kier alpha value is -1.78. The van der Waals surface area contributed by atoms with Gasteiger partial charge in [-0.2, -0.15) is 0 Å². The second-order valence-corrected chi connectivity index (χ2v) is 4.23. The van der Waals surface area contributed by atoms with Gasteiger partial charge in [-0.15, -0.1) is 5.10 Å². The quantitative estimate of drug-likeness (QED) is 0.774. The number of nitrogens with zero attached hydrogens (tertiary/aromatic N) is 5. The van der Waals surface area contributed by atoms with E-state index in [-0.39, 0.29) is 0 Å². The molecule has 2 heterocycles. The van der Waals surface area contributed by atoms with E-state index in [0.29, 0.717) is 12.5 Å². The molecule has 0 bridgehead atoms. The molecule has 1 aliphatic rings. The summed E-state index contributed by atoms with van der Waals surface area (Å²) in [6, 6.07) is 1.89. The van der Waals surface area contributed by atoms with Gasteiger partial charge in [0, 0.05) is 24.0 Å². The lowest BCUT2D eigenvalue weighted by atomic mass is 10.3. The summed E-state index contributed by atoms with van der Waals surface area (Å²) in [7, 11) is 0. The average Bonchev–Trinajstić information content (AvgIpc) is 3.01. The van der Waals surface area contributed by atoms with E-state index in [1.807, 2.05) is 23.9 Å². The van der Waals surface area contributed by atoms with Gasteiger partial charge in [0.05, 0.1) is 5.69 Å². The Kier molecular flexibility index (Phi) is 2.16. The van der Waals surface area contributed by atoms with Crippen molar-refractivity contribution in [3.8, 4) is 0 Å². The van der Waals surface area contributed by atoms with Crippen molar-refractivity contribution < 1.29 is 0 Å². The standard InChI is InChI=1S/C11H13N5/c1-8-4-5-12-11(13-8)7-16-6-10(14-15-16)9-2-3-9/h4-6,9H,2-3,7H2,1H3. The molecule has 5 nitrogen and oxygen atoms in total. The molecular formula is C11H13N5. The molecule has 0 amide bonds. The third-order valence-electron chi connectivity index (χ3n) is 2.70. The van der Waals surface area contributed by atoms with E-state index in [2.05, 4.69) is 20.3 Å². The minimum absolute atomic E-state index is 0.599. The molecule has 1 saturated carbocycles. The van der Waals surface area contributed by atoms with E-state index in [0.717, 1.165) is 17.2 Å². The molecule has 2 aromatic rings. The summed E-state index contributed by atoms with van der Waals surface area (Å²) in [4.78, 5) is 8.54. The maximum absolute atomic E-state index is 4.34. The first-order valence-electron chi connectivity index (χ1n) is 5.50. The molecule has 0 radical (unpaired) electrons. The van der Waals surface area contributed by atoms with Crippen LogP contribution in [0.25, 0.3) is 0 Å². The van der Waals surface area contributed by atoms with Crippen LogP contribution in [0.2, 0.25) is 0 Å². The van der Waals surface area contributed by atoms with Gasteiger partial charge < -0.3 is 0 Å². The first kappa shape index (κ1) is 9.45. The molecule has 0 atom stereocenters. The third kappa shape index (κ3) is 1.93. The fraction of sp³-hybridized carbons (Fsp3) is 0.455. The molecular weight excluding hydrogens is 202 g/mol. The Morgan fingerprint density at radius 1 is 1.44 bits per heavy atom. The van der Waals surface area contributed by atoms with Gasteiger partial charge in [-0.05, 0) is 25.8 Å². The molecule has 0 aromatic carbocycles. The minimum Gasteiger partial charge on any atom is -0.245 e. The Morgan fingerprint density at radius 3 is 3.06 bits per heavy atom. The second kappa shape index (κ2) is 3.66. The van der Waals surface area contributed by atoms with Crippen LogP contribution in [0.3, 0.4) is 0 Å². The average molecular weight is 215 g/mol. The summed E-state index contributed by atoms with van der Waals surface area (Å²) in [6.07, 6.45) is 6.28. The largest absolute Gasteiger partial charge is 0.245 e. The third-order valence-corrected chi connectivity index (χ3v) is 2.70. The smallest absolute Gasteiger partial charge is 0.150 e. The molecule has 0 aliphatic heterocycles. The Balaban J connectivity index is 1.77. The van der Waals surface area contributed by atoms with Gasteiger partial charge in [0.25, 0.3) is 0 Å².